The summed E-state index contributed by atoms with van der Waals surface area (Å²) >= 11 is 0. The molecule has 0 aliphatic carbocycles. The van der Waals surface area contributed by atoms with E-state index in [1.807, 2.05) is 41.8 Å². The lowest BCUT2D eigenvalue weighted by Crippen LogP contribution is -2.24. The van der Waals surface area contributed by atoms with Crippen LogP contribution in [0.25, 0.3) is 11.2 Å². The van der Waals surface area contributed by atoms with E-state index in [4.69, 9.17) is 19.5 Å². The topological polar surface area (TPSA) is 97.3 Å². The molecule has 0 bridgehead atoms. The van der Waals surface area contributed by atoms with Crippen molar-refractivity contribution in [2.45, 2.75) is 38.2 Å². The SMILES string of the molecule is CC(OPOc1ccccc1)C1CCC(n2cnc3c(N)ncnc32)O1. The summed E-state index contributed by atoms with van der Waals surface area (Å²) in [6.45, 7) is 2.00. The number of hydrogen-bond donors (Lipinski definition) is 1. The number of fused-ring (bicyclic) bond motifs is 1. The van der Waals surface area contributed by atoms with E-state index < -0.39 is 0 Å². The normalized spacial score (nSPS) is 21.6. The van der Waals surface area contributed by atoms with Gasteiger partial charge >= 0.3 is 0 Å². The molecule has 1 aliphatic rings. The summed E-state index contributed by atoms with van der Waals surface area (Å²) < 4.78 is 19.5. The third kappa shape index (κ3) is 3.49. The van der Waals surface area contributed by atoms with Crippen LogP contribution in [-0.2, 0) is 9.26 Å². The van der Waals surface area contributed by atoms with E-state index in [0.29, 0.717) is 17.0 Å². The Hall–Kier alpha value is -2.28. The van der Waals surface area contributed by atoms with Gasteiger partial charge in [-0.15, -0.1) is 0 Å². The molecule has 3 heterocycles. The van der Waals surface area contributed by atoms with E-state index in [-0.39, 0.29) is 27.5 Å². The first kappa shape index (κ1) is 17.1. The molecule has 4 unspecified atom stereocenters. The molecule has 1 saturated heterocycles. The molecule has 0 saturated carbocycles. The molecule has 1 fully saturated rings. The lowest BCUT2D eigenvalue weighted by atomic mass is 10.1. The van der Waals surface area contributed by atoms with Crippen LogP contribution in [0, 0.1) is 0 Å². The zero-order valence-corrected chi connectivity index (χ0v) is 15.3. The molecule has 2 N–H and O–H groups in total. The number of rotatable bonds is 6. The summed E-state index contributed by atoms with van der Waals surface area (Å²) in [4.78, 5) is 12.5. The molecule has 3 aromatic rings. The molecule has 1 aromatic carbocycles. The van der Waals surface area contributed by atoms with E-state index in [0.717, 1.165) is 18.6 Å². The average molecular weight is 373 g/mol. The quantitative estimate of drug-likeness (QED) is 0.663. The van der Waals surface area contributed by atoms with Gasteiger partial charge in [0, 0.05) is 0 Å². The Morgan fingerprint density at radius 3 is 2.92 bits per heavy atom. The lowest BCUT2D eigenvalue weighted by molar-refractivity contribution is -0.0416. The third-order valence-electron chi connectivity index (χ3n) is 4.39. The fourth-order valence-corrected chi connectivity index (χ4v) is 3.57. The Bertz CT molecular complexity index is 875. The Morgan fingerprint density at radius 1 is 1.23 bits per heavy atom. The highest BCUT2D eigenvalue weighted by Crippen LogP contribution is 2.34. The minimum atomic E-state index is -0.135. The highest BCUT2D eigenvalue weighted by Gasteiger charge is 2.32. The molecular weight excluding hydrogens is 353 g/mol. The van der Waals surface area contributed by atoms with Crippen LogP contribution in [0.4, 0.5) is 5.82 Å². The molecule has 1 aliphatic heterocycles. The number of ether oxygens (including phenoxy) is 1. The van der Waals surface area contributed by atoms with E-state index in [1.54, 1.807) is 6.33 Å². The first-order valence-corrected chi connectivity index (χ1v) is 9.25. The summed E-state index contributed by atoms with van der Waals surface area (Å²) in [5.74, 6) is 1.17. The van der Waals surface area contributed by atoms with Crippen LogP contribution in [-0.4, -0.2) is 31.7 Å². The van der Waals surface area contributed by atoms with Crippen LogP contribution in [0.1, 0.15) is 26.0 Å². The Balaban J connectivity index is 1.35. The third-order valence-corrected chi connectivity index (χ3v) is 5.17. The summed E-state index contributed by atoms with van der Waals surface area (Å²) in [6.07, 6.45) is 4.67. The molecular formula is C17H20N5O3P. The van der Waals surface area contributed by atoms with Crippen molar-refractivity contribution in [2.24, 2.45) is 0 Å². The second kappa shape index (κ2) is 7.53. The molecule has 0 radical (unpaired) electrons. The van der Waals surface area contributed by atoms with E-state index in [9.17, 15) is 0 Å². The zero-order valence-electron chi connectivity index (χ0n) is 14.3. The summed E-state index contributed by atoms with van der Waals surface area (Å²) in [5, 5.41) is 0. The predicted octanol–water partition coefficient (Wildman–Crippen LogP) is 3.08. The van der Waals surface area contributed by atoms with Gasteiger partial charge in [0.05, 0.1) is 18.5 Å². The maximum absolute atomic E-state index is 6.16. The van der Waals surface area contributed by atoms with Crippen LogP contribution in [0.15, 0.2) is 43.0 Å². The first-order chi connectivity index (χ1) is 12.7. The molecule has 9 heteroatoms. The van der Waals surface area contributed by atoms with Gasteiger partial charge in [-0.1, -0.05) is 18.2 Å². The molecule has 8 nitrogen and oxygen atoms in total. The van der Waals surface area contributed by atoms with Crippen LogP contribution in [0.5, 0.6) is 5.75 Å². The van der Waals surface area contributed by atoms with Gasteiger partial charge in [-0.2, -0.15) is 0 Å². The van der Waals surface area contributed by atoms with Crippen molar-refractivity contribution in [3.63, 3.8) is 0 Å². The van der Waals surface area contributed by atoms with Crippen molar-refractivity contribution in [1.29, 1.82) is 0 Å². The van der Waals surface area contributed by atoms with Gasteiger partial charge in [0.2, 0.25) is 9.03 Å². The van der Waals surface area contributed by atoms with Crippen LogP contribution < -0.4 is 10.3 Å². The maximum atomic E-state index is 6.16. The first-order valence-electron chi connectivity index (χ1n) is 8.43. The van der Waals surface area contributed by atoms with E-state index in [1.165, 1.54) is 6.33 Å². The number of imidazole rings is 1. The fourth-order valence-electron chi connectivity index (χ4n) is 2.99. The Kier molecular flexibility index (Phi) is 4.97. The van der Waals surface area contributed by atoms with Gasteiger partial charge in [-0.25, -0.2) is 15.0 Å². The molecule has 26 heavy (non-hydrogen) atoms. The van der Waals surface area contributed by atoms with Gasteiger partial charge in [-0.05, 0) is 31.9 Å². The second-order valence-electron chi connectivity index (χ2n) is 6.11. The predicted molar refractivity (Wildman–Crippen MR) is 98.8 cm³/mol. The molecule has 0 spiro atoms. The highest BCUT2D eigenvalue weighted by atomic mass is 31.1. The van der Waals surface area contributed by atoms with Crippen molar-refractivity contribution in [1.82, 2.24) is 19.5 Å². The molecule has 0 amide bonds. The van der Waals surface area contributed by atoms with Gasteiger partial charge in [0.1, 0.15) is 23.8 Å². The fraction of sp³-hybridized carbons (Fsp3) is 0.353. The van der Waals surface area contributed by atoms with Crippen molar-refractivity contribution < 1.29 is 13.8 Å². The van der Waals surface area contributed by atoms with Gasteiger partial charge in [0.25, 0.3) is 0 Å². The Morgan fingerprint density at radius 2 is 2.08 bits per heavy atom. The number of benzene rings is 1. The van der Waals surface area contributed by atoms with Crippen LogP contribution >= 0.6 is 9.03 Å². The van der Waals surface area contributed by atoms with Crippen molar-refractivity contribution in [3.05, 3.63) is 43.0 Å². The molecule has 4 rings (SSSR count). The van der Waals surface area contributed by atoms with Gasteiger partial charge in [0.15, 0.2) is 11.5 Å². The second-order valence-corrected chi connectivity index (χ2v) is 6.72. The lowest BCUT2D eigenvalue weighted by Gasteiger charge is -2.20. The summed E-state index contributed by atoms with van der Waals surface area (Å²) in [6, 6.07) is 9.62. The van der Waals surface area contributed by atoms with Gasteiger partial charge in [-0.3, -0.25) is 4.57 Å². The molecule has 2 aromatic heterocycles. The number of anilines is 1. The highest BCUT2D eigenvalue weighted by molar-refractivity contribution is 7.26. The minimum Gasteiger partial charge on any atom is -0.450 e. The summed E-state index contributed by atoms with van der Waals surface area (Å²) in [7, 11) is -0.0721. The van der Waals surface area contributed by atoms with Crippen LogP contribution in [0.2, 0.25) is 0 Å². The van der Waals surface area contributed by atoms with Crippen molar-refractivity contribution in [3.8, 4) is 5.75 Å². The molecule has 136 valence electrons. The minimum absolute atomic E-state index is 0.0106. The number of nitrogen functional groups attached to an aromatic ring is 1. The number of para-hydroxylation sites is 1. The van der Waals surface area contributed by atoms with Crippen molar-refractivity contribution >= 4 is 26.0 Å². The monoisotopic (exact) mass is 373 g/mol. The van der Waals surface area contributed by atoms with E-state index >= 15 is 0 Å². The molecule has 4 atom stereocenters. The number of nitrogens with zero attached hydrogens (tertiary/aromatic N) is 4. The maximum Gasteiger partial charge on any atom is 0.215 e. The largest absolute Gasteiger partial charge is 0.450 e. The number of aromatic nitrogens is 4. The average Bonchev–Trinajstić information content (AvgIpc) is 3.30. The number of nitrogens with two attached hydrogens (primary N) is 1. The zero-order chi connectivity index (χ0) is 17.9. The Labute approximate surface area is 152 Å². The number of hydrogen-bond acceptors (Lipinski definition) is 7. The summed E-state index contributed by atoms with van der Waals surface area (Å²) in [5.41, 5.74) is 7.13. The van der Waals surface area contributed by atoms with Crippen LogP contribution in [0.3, 0.4) is 0 Å². The smallest absolute Gasteiger partial charge is 0.215 e. The standard InChI is InChI=1S/C17H20N5O3P/c1-11(24-26-25-12-5-3-2-4-6-12)13-7-8-14(23-13)22-10-21-15-16(18)19-9-20-17(15)22/h2-6,9-11,13-14,26H,7-8H2,1H3,(H2,18,19,20). The van der Waals surface area contributed by atoms with Gasteiger partial charge < -0.3 is 19.5 Å². The van der Waals surface area contributed by atoms with E-state index in [2.05, 4.69) is 15.0 Å². The van der Waals surface area contributed by atoms with Crippen molar-refractivity contribution in [2.75, 3.05) is 5.73 Å².